The second-order valence-electron chi connectivity index (χ2n) is 5.91. The fourth-order valence-electron chi connectivity index (χ4n) is 2.73. The van der Waals surface area contributed by atoms with Crippen molar-refractivity contribution in [3.63, 3.8) is 0 Å². The van der Waals surface area contributed by atoms with E-state index in [1.54, 1.807) is 12.3 Å². The summed E-state index contributed by atoms with van der Waals surface area (Å²) in [7, 11) is 0. The van der Waals surface area contributed by atoms with E-state index in [2.05, 4.69) is 20.7 Å². The van der Waals surface area contributed by atoms with E-state index in [1.807, 2.05) is 0 Å². The van der Waals surface area contributed by atoms with E-state index in [0.29, 0.717) is 22.8 Å². The van der Waals surface area contributed by atoms with E-state index in [0.717, 1.165) is 0 Å². The molecule has 0 spiro atoms. The van der Waals surface area contributed by atoms with Crippen molar-refractivity contribution in [2.75, 3.05) is 18.5 Å². The van der Waals surface area contributed by atoms with Crippen molar-refractivity contribution in [1.82, 2.24) is 19.9 Å². The summed E-state index contributed by atoms with van der Waals surface area (Å²) < 4.78 is 20.8. The third-order valence-corrected chi connectivity index (χ3v) is 4.09. The predicted molar refractivity (Wildman–Crippen MR) is 90.5 cm³/mol. The quantitative estimate of drug-likeness (QED) is 0.600. The molecule has 3 aromatic rings. The zero-order chi connectivity index (χ0) is 18.1. The Morgan fingerprint density at radius 1 is 1.38 bits per heavy atom. The molecule has 9 heteroatoms. The van der Waals surface area contributed by atoms with Gasteiger partial charge in [0.15, 0.2) is 5.65 Å². The molecule has 1 atom stereocenters. The molecule has 1 aromatic carbocycles. The van der Waals surface area contributed by atoms with Gasteiger partial charge in [-0.05, 0) is 24.3 Å². The molecule has 26 heavy (non-hydrogen) atoms. The van der Waals surface area contributed by atoms with Gasteiger partial charge < -0.3 is 20.5 Å². The lowest BCUT2D eigenvalue weighted by atomic mass is 10.2. The van der Waals surface area contributed by atoms with Crippen molar-refractivity contribution in [1.29, 1.82) is 0 Å². The Hall–Kier alpha value is -3.20. The monoisotopic (exact) mass is 357 g/mol. The van der Waals surface area contributed by atoms with Gasteiger partial charge in [0.1, 0.15) is 29.6 Å². The van der Waals surface area contributed by atoms with Crippen molar-refractivity contribution >= 4 is 17.4 Å². The van der Waals surface area contributed by atoms with Crippen LogP contribution in [0, 0.1) is 5.82 Å². The molecule has 1 amide bonds. The van der Waals surface area contributed by atoms with Gasteiger partial charge in [0.05, 0.1) is 18.8 Å². The maximum absolute atomic E-state index is 13.6. The minimum atomic E-state index is -0.632. The number of fused-ring (bicyclic) bond motifs is 2. The van der Waals surface area contributed by atoms with Crippen molar-refractivity contribution in [3.8, 4) is 5.75 Å². The van der Waals surface area contributed by atoms with Crippen LogP contribution in [-0.4, -0.2) is 44.9 Å². The molecule has 3 heterocycles. The topological polar surface area (TPSA) is 101 Å². The van der Waals surface area contributed by atoms with Crippen LogP contribution >= 0.6 is 0 Å². The Labute approximate surface area is 147 Å². The molecule has 134 valence electrons. The number of hydrogen-bond donors (Lipinski definition) is 3. The summed E-state index contributed by atoms with van der Waals surface area (Å²) in [4.78, 5) is 16.9. The van der Waals surface area contributed by atoms with Gasteiger partial charge in [-0.15, -0.1) is 0 Å². The highest BCUT2D eigenvalue weighted by Crippen LogP contribution is 2.22. The maximum Gasteiger partial charge on any atom is 0.257 e. The van der Waals surface area contributed by atoms with Gasteiger partial charge in [-0.25, -0.2) is 13.9 Å². The standard InChI is InChI=1S/C17H16FN5O3/c18-11-1-2-14-10(5-11)6-19-15-3-4-23-16(22-15)13(7-20-23)17(25)21-12(8-24)9-26-14/h1-5,7,12,24H,6,8-9H2,(H,19,22)(H,21,25). The number of ether oxygens (including phenoxy) is 1. The summed E-state index contributed by atoms with van der Waals surface area (Å²) in [6, 6.07) is 5.26. The summed E-state index contributed by atoms with van der Waals surface area (Å²) in [5.74, 6) is 0.188. The van der Waals surface area contributed by atoms with E-state index in [4.69, 9.17) is 4.74 Å². The lowest BCUT2D eigenvalue weighted by Gasteiger charge is -2.18. The third-order valence-electron chi connectivity index (χ3n) is 4.09. The molecule has 2 aromatic heterocycles. The van der Waals surface area contributed by atoms with E-state index < -0.39 is 11.9 Å². The van der Waals surface area contributed by atoms with Gasteiger partial charge in [-0.2, -0.15) is 5.10 Å². The molecule has 0 radical (unpaired) electrons. The van der Waals surface area contributed by atoms with Crippen LogP contribution in [0.1, 0.15) is 15.9 Å². The molecule has 3 N–H and O–H groups in total. The van der Waals surface area contributed by atoms with Gasteiger partial charge in [0.25, 0.3) is 5.91 Å². The summed E-state index contributed by atoms with van der Waals surface area (Å²) in [5, 5.41) is 19.4. The molecule has 8 nitrogen and oxygen atoms in total. The fourth-order valence-corrected chi connectivity index (χ4v) is 2.73. The third kappa shape index (κ3) is 3.04. The first kappa shape index (κ1) is 16.3. The number of hydrogen-bond acceptors (Lipinski definition) is 6. The number of nitrogens with one attached hydrogen (secondary N) is 2. The molecule has 0 saturated heterocycles. The van der Waals surface area contributed by atoms with Crippen LogP contribution in [0.5, 0.6) is 5.75 Å². The van der Waals surface area contributed by atoms with E-state index >= 15 is 0 Å². The first-order valence-corrected chi connectivity index (χ1v) is 8.05. The molecular weight excluding hydrogens is 341 g/mol. The summed E-state index contributed by atoms with van der Waals surface area (Å²) in [6.45, 7) is 0.0135. The molecule has 4 rings (SSSR count). The molecule has 0 fully saturated rings. The Bertz CT molecular complexity index is 974. The molecule has 0 saturated carbocycles. The average molecular weight is 357 g/mol. The Balaban J connectivity index is 1.77. The minimum Gasteiger partial charge on any atom is -0.491 e. The summed E-state index contributed by atoms with van der Waals surface area (Å²) in [6.07, 6.45) is 3.09. The van der Waals surface area contributed by atoms with Gasteiger partial charge in [0, 0.05) is 18.3 Å². The van der Waals surface area contributed by atoms with Crippen LogP contribution < -0.4 is 15.4 Å². The highest BCUT2D eigenvalue weighted by Gasteiger charge is 2.20. The number of halogens is 1. The zero-order valence-electron chi connectivity index (χ0n) is 13.6. The van der Waals surface area contributed by atoms with Crippen molar-refractivity contribution in [2.24, 2.45) is 0 Å². The number of carbonyl (C=O) groups excluding carboxylic acids is 1. The SMILES string of the molecule is O=C1NC(CO)COc2ccc(F)cc2CNc2ccn3ncc1c3n2. The van der Waals surface area contributed by atoms with Gasteiger partial charge in [-0.3, -0.25) is 4.79 Å². The number of aliphatic hydroxyl groups is 1. The predicted octanol–water partition coefficient (Wildman–Crippen LogP) is 0.964. The molecule has 2 bridgehead atoms. The number of aliphatic hydroxyl groups excluding tert-OH is 1. The Morgan fingerprint density at radius 3 is 3.12 bits per heavy atom. The molecule has 1 unspecified atom stereocenters. The molecule has 0 aliphatic carbocycles. The summed E-state index contributed by atoms with van der Waals surface area (Å²) >= 11 is 0. The first-order chi connectivity index (χ1) is 12.6. The minimum absolute atomic E-state index is 0.0380. The smallest absolute Gasteiger partial charge is 0.257 e. The average Bonchev–Trinajstić information content (AvgIpc) is 3.07. The van der Waals surface area contributed by atoms with E-state index in [9.17, 15) is 14.3 Å². The number of benzene rings is 1. The van der Waals surface area contributed by atoms with Gasteiger partial charge in [-0.1, -0.05) is 0 Å². The number of rotatable bonds is 1. The molecular formula is C17H16FN5O3. The summed E-state index contributed by atoms with van der Waals surface area (Å²) in [5.41, 5.74) is 1.27. The Morgan fingerprint density at radius 2 is 2.27 bits per heavy atom. The van der Waals surface area contributed by atoms with Crippen LogP contribution in [0.15, 0.2) is 36.7 Å². The number of aromatic nitrogens is 3. The van der Waals surface area contributed by atoms with Gasteiger partial charge >= 0.3 is 0 Å². The van der Waals surface area contributed by atoms with Crippen molar-refractivity contribution in [2.45, 2.75) is 12.6 Å². The second-order valence-corrected chi connectivity index (χ2v) is 5.91. The number of nitrogens with zero attached hydrogens (tertiary/aromatic N) is 3. The highest BCUT2D eigenvalue weighted by atomic mass is 19.1. The largest absolute Gasteiger partial charge is 0.491 e. The van der Waals surface area contributed by atoms with Crippen LogP contribution in [0.2, 0.25) is 0 Å². The fraction of sp³-hybridized carbons (Fsp3) is 0.235. The van der Waals surface area contributed by atoms with Crippen LogP contribution in [0.3, 0.4) is 0 Å². The van der Waals surface area contributed by atoms with Crippen molar-refractivity contribution in [3.05, 3.63) is 53.6 Å². The van der Waals surface area contributed by atoms with Gasteiger partial charge in [0.2, 0.25) is 0 Å². The van der Waals surface area contributed by atoms with Crippen LogP contribution in [-0.2, 0) is 6.54 Å². The van der Waals surface area contributed by atoms with Crippen LogP contribution in [0.25, 0.3) is 5.65 Å². The number of amides is 1. The maximum atomic E-state index is 13.6. The van der Waals surface area contributed by atoms with E-state index in [-0.39, 0.29) is 31.1 Å². The van der Waals surface area contributed by atoms with Crippen LogP contribution in [0.4, 0.5) is 10.2 Å². The lowest BCUT2D eigenvalue weighted by Crippen LogP contribution is -2.41. The first-order valence-electron chi connectivity index (χ1n) is 8.05. The molecule has 1 aliphatic heterocycles. The molecule has 1 aliphatic rings. The number of anilines is 1. The number of carbonyl (C=O) groups is 1. The van der Waals surface area contributed by atoms with Crippen molar-refractivity contribution < 1.29 is 19.0 Å². The highest BCUT2D eigenvalue weighted by molar-refractivity contribution is 5.99. The lowest BCUT2D eigenvalue weighted by molar-refractivity contribution is 0.0890. The normalized spacial score (nSPS) is 17.3. The van der Waals surface area contributed by atoms with E-state index in [1.165, 1.54) is 28.9 Å². The second kappa shape index (κ2) is 6.60. The zero-order valence-corrected chi connectivity index (χ0v) is 13.6. The Kier molecular flexibility index (Phi) is 4.13.